The van der Waals surface area contributed by atoms with Crippen LogP contribution in [0.25, 0.3) is 0 Å². The highest BCUT2D eigenvalue weighted by molar-refractivity contribution is 5.48. The second-order valence-electron chi connectivity index (χ2n) is 4.23. The van der Waals surface area contributed by atoms with Gasteiger partial charge in [-0.05, 0) is 29.8 Å². The van der Waals surface area contributed by atoms with E-state index >= 15 is 0 Å². The molecule has 0 fully saturated rings. The standard InChI is InChI=1S/C15H14F3NO2/c1-20-14-6-5-10(7-13(14)16)9-19-11-3-2-4-12(8-11)21-15(17)18/h2-8,15,19H,9H2,1H3. The van der Waals surface area contributed by atoms with E-state index in [0.717, 1.165) is 0 Å². The van der Waals surface area contributed by atoms with Gasteiger partial charge in [-0.2, -0.15) is 8.78 Å². The van der Waals surface area contributed by atoms with Gasteiger partial charge in [0.1, 0.15) is 5.75 Å². The second kappa shape index (κ2) is 6.88. The summed E-state index contributed by atoms with van der Waals surface area (Å²) in [4.78, 5) is 0. The first-order valence-corrected chi connectivity index (χ1v) is 6.19. The Bertz CT molecular complexity index is 605. The van der Waals surface area contributed by atoms with Crippen molar-refractivity contribution in [1.29, 1.82) is 0 Å². The molecular formula is C15H14F3NO2. The van der Waals surface area contributed by atoms with Crippen molar-refractivity contribution in [2.45, 2.75) is 13.2 Å². The van der Waals surface area contributed by atoms with Gasteiger partial charge in [-0.3, -0.25) is 0 Å². The molecule has 0 aliphatic heterocycles. The molecule has 21 heavy (non-hydrogen) atoms. The lowest BCUT2D eigenvalue weighted by Gasteiger charge is -2.10. The van der Waals surface area contributed by atoms with Gasteiger partial charge in [0.15, 0.2) is 11.6 Å². The van der Waals surface area contributed by atoms with E-state index in [4.69, 9.17) is 4.74 Å². The first-order valence-electron chi connectivity index (χ1n) is 6.19. The molecule has 0 spiro atoms. The van der Waals surface area contributed by atoms with Gasteiger partial charge in [-0.25, -0.2) is 4.39 Å². The van der Waals surface area contributed by atoms with Crippen LogP contribution in [0.1, 0.15) is 5.56 Å². The number of halogens is 3. The van der Waals surface area contributed by atoms with Crippen molar-refractivity contribution in [2.75, 3.05) is 12.4 Å². The van der Waals surface area contributed by atoms with Crippen LogP contribution in [-0.4, -0.2) is 13.7 Å². The van der Waals surface area contributed by atoms with Crippen LogP contribution in [0.15, 0.2) is 42.5 Å². The van der Waals surface area contributed by atoms with Crippen molar-refractivity contribution < 1.29 is 22.6 Å². The molecule has 0 atom stereocenters. The lowest BCUT2D eigenvalue weighted by atomic mass is 10.2. The molecule has 0 radical (unpaired) electrons. The molecule has 0 unspecified atom stereocenters. The quantitative estimate of drug-likeness (QED) is 0.872. The average Bonchev–Trinajstić information content (AvgIpc) is 2.45. The van der Waals surface area contributed by atoms with E-state index in [1.807, 2.05) is 0 Å². The van der Waals surface area contributed by atoms with E-state index in [9.17, 15) is 13.2 Å². The molecular weight excluding hydrogens is 283 g/mol. The highest BCUT2D eigenvalue weighted by Crippen LogP contribution is 2.21. The normalized spacial score (nSPS) is 10.5. The van der Waals surface area contributed by atoms with Crippen LogP contribution in [0.4, 0.5) is 18.9 Å². The number of alkyl halides is 2. The van der Waals surface area contributed by atoms with Crippen LogP contribution in [0, 0.1) is 5.82 Å². The smallest absolute Gasteiger partial charge is 0.387 e. The summed E-state index contributed by atoms with van der Waals surface area (Å²) < 4.78 is 46.9. The Kier molecular flexibility index (Phi) is 4.92. The summed E-state index contributed by atoms with van der Waals surface area (Å²) >= 11 is 0. The predicted molar refractivity (Wildman–Crippen MR) is 73.4 cm³/mol. The summed E-state index contributed by atoms with van der Waals surface area (Å²) in [6.45, 7) is -2.52. The molecule has 2 aromatic rings. The van der Waals surface area contributed by atoms with Gasteiger partial charge in [0.2, 0.25) is 0 Å². The average molecular weight is 297 g/mol. The number of benzene rings is 2. The summed E-state index contributed by atoms with van der Waals surface area (Å²) in [6.07, 6.45) is 0. The molecule has 3 nitrogen and oxygen atoms in total. The predicted octanol–water partition coefficient (Wildman–Crippen LogP) is 4.05. The summed E-state index contributed by atoms with van der Waals surface area (Å²) in [7, 11) is 1.39. The zero-order valence-electron chi connectivity index (χ0n) is 11.3. The Balaban J connectivity index is 2.01. The lowest BCUT2D eigenvalue weighted by molar-refractivity contribution is -0.0498. The third kappa shape index (κ3) is 4.30. The van der Waals surface area contributed by atoms with Crippen LogP contribution in [0.5, 0.6) is 11.5 Å². The summed E-state index contributed by atoms with van der Waals surface area (Å²) in [5.41, 5.74) is 1.30. The first kappa shape index (κ1) is 15.0. The van der Waals surface area contributed by atoms with Crippen LogP contribution < -0.4 is 14.8 Å². The fourth-order valence-corrected chi connectivity index (χ4v) is 1.81. The Morgan fingerprint density at radius 3 is 2.62 bits per heavy atom. The topological polar surface area (TPSA) is 30.5 Å². The van der Waals surface area contributed by atoms with Crippen molar-refractivity contribution in [1.82, 2.24) is 0 Å². The van der Waals surface area contributed by atoms with Gasteiger partial charge in [0, 0.05) is 18.3 Å². The molecule has 0 saturated carbocycles. The van der Waals surface area contributed by atoms with Crippen LogP contribution in [-0.2, 0) is 6.54 Å². The van der Waals surface area contributed by atoms with E-state index in [2.05, 4.69) is 10.1 Å². The van der Waals surface area contributed by atoms with Crippen molar-refractivity contribution in [2.24, 2.45) is 0 Å². The number of nitrogens with one attached hydrogen (secondary N) is 1. The Labute approximate surface area is 120 Å². The maximum atomic E-state index is 13.5. The maximum absolute atomic E-state index is 13.5. The summed E-state index contributed by atoms with van der Waals surface area (Å²) in [5, 5.41) is 3.01. The number of hydrogen-bond donors (Lipinski definition) is 1. The number of anilines is 1. The molecule has 2 rings (SSSR count). The summed E-state index contributed by atoms with van der Waals surface area (Å²) in [6, 6.07) is 10.8. The summed E-state index contributed by atoms with van der Waals surface area (Å²) in [5.74, 6) is -0.214. The van der Waals surface area contributed by atoms with Gasteiger partial charge >= 0.3 is 6.61 Å². The molecule has 0 aliphatic rings. The molecule has 0 bridgehead atoms. The van der Waals surface area contributed by atoms with Crippen molar-refractivity contribution >= 4 is 5.69 Å². The minimum atomic E-state index is -2.86. The largest absolute Gasteiger partial charge is 0.494 e. The zero-order valence-corrected chi connectivity index (χ0v) is 11.3. The van der Waals surface area contributed by atoms with Crippen molar-refractivity contribution in [3.63, 3.8) is 0 Å². The van der Waals surface area contributed by atoms with Gasteiger partial charge in [0.25, 0.3) is 0 Å². The highest BCUT2D eigenvalue weighted by Gasteiger charge is 2.06. The third-order valence-corrected chi connectivity index (χ3v) is 2.77. The third-order valence-electron chi connectivity index (χ3n) is 2.77. The van der Waals surface area contributed by atoms with Crippen LogP contribution in [0.2, 0.25) is 0 Å². The molecule has 6 heteroatoms. The number of hydrogen-bond acceptors (Lipinski definition) is 3. The maximum Gasteiger partial charge on any atom is 0.387 e. The zero-order chi connectivity index (χ0) is 15.2. The fourth-order valence-electron chi connectivity index (χ4n) is 1.81. The van der Waals surface area contributed by atoms with E-state index in [1.165, 1.54) is 31.4 Å². The van der Waals surface area contributed by atoms with Crippen molar-refractivity contribution in [3.8, 4) is 11.5 Å². The van der Waals surface area contributed by atoms with E-state index < -0.39 is 12.4 Å². The number of rotatable bonds is 6. The molecule has 1 N–H and O–H groups in total. The minimum absolute atomic E-state index is 0.0657. The van der Waals surface area contributed by atoms with Crippen molar-refractivity contribution in [3.05, 3.63) is 53.8 Å². The van der Waals surface area contributed by atoms with Gasteiger partial charge in [0.05, 0.1) is 7.11 Å². The number of ether oxygens (including phenoxy) is 2. The highest BCUT2D eigenvalue weighted by atomic mass is 19.3. The minimum Gasteiger partial charge on any atom is -0.494 e. The van der Waals surface area contributed by atoms with Crippen LogP contribution >= 0.6 is 0 Å². The molecule has 112 valence electrons. The lowest BCUT2D eigenvalue weighted by Crippen LogP contribution is -2.03. The molecule has 2 aromatic carbocycles. The van der Waals surface area contributed by atoms with E-state index in [1.54, 1.807) is 18.2 Å². The molecule has 0 amide bonds. The van der Waals surface area contributed by atoms with Gasteiger partial charge < -0.3 is 14.8 Å². The molecule has 0 aromatic heterocycles. The molecule has 0 aliphatic carbocycles. The van der Waals surface area contributed by atoms with E-state index in [0.29, 0.717) is 17.8 Å². The first-order chi connectivity index (χ1) is 10.1. The Hall–Kier alpha value is -2.37. The monoisotopic (exact) mass is 297 g/mol. The Morgan fingerprint density at radius 1 is 1.14 bits per heavy atom. The fraction of sp³-hybridized carbons (Fsp3) is 0.200. The molecule has 0 heterocycles. The van der Waals surface area contributed by atoms with E-state index in [-0.39, 0.29) is 11.5 Å². The second-order valence-corrected chi connectivity index (χ2v) is 4.23. The SMILES string of the molecule is COc1ccc(CNc2cccc(OC(F)F)c2)cc1F. The molecule has 0 saturated heterocycles. The number of methoxy groups -OCH3 is 1. The van der Waals surface area contributed by atoms with Crippen LogP contribution in [0.3, 0.4) is 0 Å². The van der Waals surface area contributed by atoms with Gasteiger partial charge in [-0.1, -0.05) is 12.1 Å². The van der Waals surface area contributed by atoms with Gasteiger partial charge in [-0.15, -0.1) is 0 Å². The Morgan fingerprint density at radius 2 is 1.95 bits per heavy atom.